The fourth-order valence-electron chi connectivity index (χ4n) is 2.53. The fourth-order valence-corrected chi connectivity index (χ4v) is 3.53. The minimum absolute atomic E-state index is 0.251. The molecule has 1 heterocycles. The van der Waals surface area contributed by atoms with Crippen molar-refractivity contribution in [2.24, 2.45) is 0 Å². The van der Waals surface area contributed by atoms with Crippen molar-refractivity contribution in [3.63, 3.8) is 0 Å². The van der Waals surface area contributed by atoms with Gasteiger partial charge in [-0.25, -0.2) is 9.78 Å². The van der Waals surface area contributed by atoms with Crippen molar-refractivity contribution in [1.29, 1.82) is 0 Å². The number of carbonyl (C=O) groups excluding carboxylic acids is 1. The summed E-state index contributed by atoms with van der Waals surface area (Å²) in [5.41, 5.74) is 1.33. The molecule has 1 saturated carbocycles. The molecule has 0 spiro atoms. The SMILES string of the molecule is Cc1nc(-c2ccccc2)sc1CNC(=O)NCC1(O)CCC1. The molecular formula is C17H21N3O2S. The zero-order chi connectivity index (χ0) is 16.3. The van der Waals surface area contributed by atoms with Gasteiger partial charge in [0.1, 0.15) is 5.01 Å². The number of nitrogens with zero attached hydrogens (tertiary/aromatic N) is 1. The molecule has 1 fully saturated rings. The van der Waals surface area contributed by atoms with Crippen LogP contribution in [0.3, 0.4) is 0 Å². The molecule has 0 aliphatic heterocycles. The third-order valence-corrected chi connectivity index (χ3v) is 5.39. The van der Waals surface area contributed by atoms with E-state index in [0.717, 1.165) is 40.4 Å². The van der Waals surface area contributed by atoms with Crippen molar-refractivity contribution < 1.29 is 9.90 Å². The Morgan fingerprint density at radius 1 is 1.30 bits per heavy atom. The van der Waals surface area contributed by atoms with Crippen molar-refractivity contribution >= 4 is 17.4 Å². The Bertz CT molecular complexity index is 680. The third kappa shape index (κ3) is 3.89. The first-order chi connectivity index (χ1) is 11.1. The Morgan fingerprint density at radius 3 is 2.70 bits per heavy atom. The predicted octanol–water partition coefficient (Wildman–Crippen LogP) is 2.83. The van der Waals surface area contributed by atoms with E-state index in [0.29, 0.717) is 13.1 Å². The lowest BCUT2D eigenvalue weighted by Gasteiger charge is -2.36. The highest BCUT2D eigenvalue weighted by Crippen LogP contribution is 2.30. The minimum Gasteiger partial charge on any atom is -0.388 e. The van der Waals surface area contributed by atoms with Gasteiger partial charge < -0.3 is 15.7 Å². The van der Waals surface area contributed by atoms with Crippen LogP contribution < -0.4 is 10.6 Å². The molecule has 1 aliphatic carbocycles. The Labute approximate surface area is 139 Å². The van der Waals surface area contributed by atoms with E-state index in [-0.39, 0.29) is 6.03 Å². The van der Waals surface area contributed by atoms with Gasteiger partial charge in [0, 0.05) is 17.0 Å². The summed E-state index contributed by atoms with van der Waals surface area (Å²) in [6.07, 6.45) is 2.56. The van der Waals surface area contributed by atoms with Crippen LogP contribution in [0.5, 0.6) is 0 Å². The number of benzene rings is 1. The zero-order valence-corrected chi connectivity index (χ0v) is 13.9. The molecule has 1 aromatic heterocycles. The van der Waals surface area contributed by atoms with Gasteiger partial charge in [-0.2, -0.15) is 0 Å². The summed E-state index contributed by atoms with van der Waals surface area (Å²) in [4.78, 5) is 17.5. The van der Waals surface area contributed by atoms with Crippen molar-refractivity contribution in [1.82, 2.24) is 15.6 Å². The molecule has 3 N–H and O–H groups in total. The summed E-state index contributed by atoms with van der Waals surface area (Å²) in [5, 5.41) is 16.5. The van der Waals surface area contributed by atoms with Crippen LogP contribution >= 0.6 is 11.3 Å². The molecule has 122 valence electrons. The van der Waals surface area contributed by atoms with E-state index >= 15 is 0 Å². The number of hydrogen-bond donors (Lipinski definition) is 3. The van der Waals surface area contributed by atoms with Crippen molar-refractivity contribution in [2.45, 2.75) is 38.3 Å². The second kappa shape index (κ2) is 6.68. The van der Waals surface area contributed by atoms with Gasteiger partial charge in [0.05, 0.1) is 17.8 Å². The molecule has 23 heavy (non-hydrogen) atoms. The van der Waals surface area contributed by atoms with Crippen LogP contribution in [0.4, 0.5) is 4.79 Å². The Hall–Kier alpha value is -1.92. The first-order valence-electron chi connectivity index (χ1n) is 7.82. The lowest BCUT2D eigenvalue weighted by molar-refractivity contribution is -0.0290. The van der Waals surface area contributed by atoms with Crippen LogP contribution in [-0.2, 0) is 6.54 Å². The molecule has 2 aromatic rings. The summed E-state index contributed by atoms with van der Waals surface area (Å²) in [5.74, 6) is 0. The van der Waals surface area contributed by atoms with Crippen LogP contribution in [0.15, 0.2) is 30.3 Å². The largest absolute Gasteiger partial charge is 0.388 e. The molecule has 2 amide bonds. The Balaban J connectivity index is 1.54. The number of urea groups is 1. The maximum atomic E-state index is 11.8. The van der Waals surface area contributed by atoms with E-state index in [4.69, 9.17) is 0 Å². The molecule has 0 atom stereocenters. The summed E-state index contributed by atoms with van der Waals surface area (Å²) < 4.78 is 0. The van der Waals surface area contributed by atoms with E-state index in [1.54, 1.807) is 11.3 Å². The van der Waals surface area contributed by atoms with Crippen LogP contribution in [0.25, 0.3) is 10.6 Å². The number of carbonyl (C=O) groups is 1. The van der Waals surface area contributed by atoms with Crippen LogP contribution in [0, 0.1) is 6.92 Å². The molecular weight excluding hydrogens is 310 g/mol. The number of rotatable bonds is 5. The molecule has 0 bridgehead atoms. The second-order valence-corrected chi connectivity index (χ2v) is 7.09. The molecule has 0 unspecified atom stereocenters. The number of aliphatic hydroxyl groups is 1. The first kappa shape index (κ1) is 16.0. The molecule has 1 aromatic carbocycles. The number of amides is 2. The van der Waals surface area contributed by atoms with E-state index in [2.05, 4.69) is 15.6 Å². The Kier molecular flexibility index (Phi) is 4.63. The monoisotopic (exact) mass is 331 g/mol. The molecule has 0 saturated heterocycles. The van der Waals surface area contributed by atoms with Gasteiger partial charge in [0.25, 0.3) is 0 Å². The van der Waals surface area contributed by atoms with Gasteiger partial charge in [-0.1, -0.05) is 30.3 Å². The lowest BCUT2D eigenvalue weighted by atomic mass is 9.80. The number of aromatic nitrogens is 1. The topological polar surface area (TPSA) is 74.2 Å². The standard InChI is InChI=1S/C17H21N3O2S/c1-12-14(23-15(20-12)13-6-3-2-4-7-13)10-18-16(21)19-11-17(22)8-5-9-17/h2-4,6-7,22H,5,8-11H2,1H3,(H2,18,19,21). The predicted molar refractivity (Wildman–Crippen MR) is 91.3 cm³/mol. The van der Waals surface area contributed by atoms with Crippen molar-refractivity contribution in [3.8, 4) is 10.6 Å². The average Bonchev–Trinajstić information content (AvgIpc) is 2.91. The number of aryl methyl sites for hydroxylation is 1. The van der Waals surface area contributed by atoms with E-state index in [9.17, 15) is 9.90 Å². The maximum absolute atomic E-state index is 11.8. The lowest BCUT2D eigenvalue weighted by Crippen LogP contribution is -2.49. The quantitative estimate of drug-likeness (QED) is 0.789. The number of thiazole rings is 1. The third-order valence-electron chi connectivity index (χ3n) is 4.19. The molecule has 1 aliphatic rings. The maximum Gasteiger partial charge on any atom is 0.315 e. The summed E-state index contributed by atoms with van der Waals surface area (Å²) >= 11 is 1.59. The molecule has 5 nitrogen and oxygen atoms in total. The van der Waals surface area contributed by atoms with Crippen LogP contribution in [0.2, 0.25) is 0 Å². The van der Waals surface area contributed by atoms with Gasteiger partial charge in [0.2, 0.25) is 0 Å². The number of nitrogens with one attached hydrogen (secondary N) is 2. The fraction of sp³-hybridized carbons (Fsp3) is 0.412. The highest BCUT2D eigenvalue weighted by atomic mass is 32.1. The van der Waals surface area contributed by atoms with E-state index in [1.165, 1.54) is 0 Å². The summed E-state index contributed by atoms with van der Waals surface area (Å²) in [6, 6.07) is 9.76. The zero-order valence-electron chi connectivity index (χ0n) is 13.1. The van der Waals surface area contributed by atoms with Crippen LogP contribution in [0.1, 0.15) is 29.8 Å². The summed E-state index contributed by atoms with van der Waals surface area (Å²) in [6.45, 7) is 2.71. The van der Waals surface area contributed by atoms with Gasteiger partial charge in [-0.15, -0.1) is 11.3 Å². The van der Waals surface area contributed by atoms with Crippen molar-refractivity contribution in [3.05, 3.63) is 40.9 Å². The minimum atomic E-state index is -0.696. The van der Waals surface area contributed by atoms with Gasteiger partial charge in [0.15, 0.2) is 0 Å². The van der Waals surface area contributed by atoms with Gasteiger partial charge >= 0.3 is 6.03 Å². The number of hydrogen-bond acceptors (Lipinski definition) is 4. The molecule has 3 rings (SSSR count). The summed E-state index contributed by atoms with van der Waals surface area (Å²) in [7, 11) is 0. The van der Waals surface area contributed by atoms with E-state index < -0.39 is 5.60 Å². The van der Waals surface area contributed by atoms with Crippen molar-refractivity contribution in [2.75, 3.05) is 6.54 Å². The highest BCUT2D eigenvalue weighted by molar-refractivity contribution is 7.15. The molecule has 6 heteroatoms. The normalized spacial score (nSPS) is 15.7. The van der Waals surface area contributed by atoms with Gasteiger partial charge in [-0.05, 0) is 26.2 Å². The van der Waals surface area contributed by atoms with Crippen LogP contribution in [-0.4, -0.2) is 28.3 Å². The van der Waals surface area contributed by atoms with Gasteiger partial charge in [-0.3, -0.25) is 0 Å². The average molecular weight is 331 g/mol. The Morgan fingerprint density at radius 2 is 2.04 bits per heavy atom. The smallest absolute Gasteiger partial charge is 0.315 e. The van der Waals surface area contributed by atoms with E-state index in [1.807, 2.05) is 37.3 Å². The second-order valence-electron chi connectivity index (χ2n) is 6.01. The highest BCUT2D eigenvalue weighted by Gasteiger charge is 2.34. The molecule has 0 radical (unpaired) electrons. The first-order valence-corrected chi connectivity index (χ1v) is 8.63.